The molecule has 0 atom stereocenters. The number of benzene rings is 2. The van der Waals surface area contributed by atoms with Crippen molar-refractivity contribution in [3.8, 4) is 28.9 Å². The molecule has 0 aliphatic carbocycles. The number of nitrogens with two attached hydrogens (primary N) is 1. The van der Waals surface area contributed by atoms with E-state index in [2.05, 4.69) is 15.3 Å². The lowest BCUT2D eigenvalue weighted by Crippen LogP contribution is -2.06. The second kappa shape index (κ2) is 7.28. The first-order valence-corrected chi connectivity index (χ1v) is 8.28. The molecule has 0 unspecified atom stereocenters. The van der Waals surface area contributed by atoms with Crippen molar-refractivity contribution in [2.75, 3.05) is 25.0 Å². The zero-order valence-corrected chi connectivity index (χ0v) is 14.6. The third-order valence-electron chi connectivity index (χ3n) is 4.02. The van der Waals surface area contributed by atoms with Crippen LogP contribution >= 0.6 is 0 Å². The number of hydrogen-bond acceptors (Lipinski definition) is 8. The maximum atomic E-state index is 6.16. The fourth-order valence-electron chi connectivity index (χ4n) is 2.59. The van der Waals surface area contributed by atoms with E-state index in [0.29, 0.717) is 23.8 Å². The Kier molecular flexibility index (Phi) is 4.52. The van der Waals surface area contributed by atoms with Crippen molar-refractivity contribution in [1.29, 1.82) is 0 Å². The Balaban J connectivity index is 1.46. The summed E-state index contributed by atoms with van der Waals surface area (Å²) in [7, 11) is 1.61. The van der Waals surface area contributed by atoms with E-state index in [1.54, 1.807) is 31.4 Å². The van der Waals surface area contributed by atoms with Crippen LogP contribution < -0.4 is 30.0 Å². The number of hydrogen-bond donors (Lipinski definition) is 2. The lowest BCUT2D eigenvalue weighted by Gasteiger charge is -2.12. The summed E-state index contributed by atoms with van der Waals surface area (Å²) in [6.45, 7) is 0.761. The van der Waals surface area contributed by atoms with Crippen LogP contribution in [0, 0.1) is 0 Å². The van der Waals surface area contributed by atoms with Crippen LogP contribution in [0.5, 0.6) is 28.9 Å². The fraction of sp³-hybridized carbons (Fsp3) is 0.158. The SMILES string of the molecule is COc1ccc(Oc2ncnc(NCc3ccc4c(c3)OCO4)c2N)cc1. The summed E-state index contributed by atoms with van der Waals surface area (Å²) >= 11 is 0. The van der Waals surface area contributed by atoms with Gasteiger partial charge < -0.3 is 30.0 Å². The molecule has 0 saturated carbocycles. The lowest BCUT2D eigenvalue weighted by molar-refractivity contribution is 0.174. The molecule has 1 aliphatic rings. The largest absolute Gasteiger partial charge is 0.497 e. The summed E-state index contributed by atoms with van der Waals surface area (Å²) in [6.07, 6.45) is 1.40. The Hall–Kier alpha value is -3.68. The molecule has 27 heavy (non-hydrogen) atoms. The van der Waals surface area contributed by atoms with Crippen LogP contribution in [-0.4, -0.2) is 23.9 Å². The average molecular weight is 366 g/mol. The van der Waals surface area contributed by atoms with Crippen molar-refractivity contribution in [3.63, 3.8) is 0 Å². The van der Waals surface area contributed by atoms with Gasteiger partial charge in [0.05, 0.1) is 7.11 Å². The average Bonchev–Trinajstić information content (AvgIpc) is 3.17. The highest BCUT2D eigenvalue weighted by molar-refractivity contribution is 5.67. The van der Waals surface area contributed by atoms with Gasteiger partial charge in [0, 0.05) is 6.54 Å². The normalized spacial score (nSPS) is 11.9. The highest BCUT2D eigenvalue weighted by Crippen LogP contribution is 2.33. The lowest BCUT2D eigenvalue weighted by atomic mass is 10.2. The number of anilines is 2. The van der Waals surface area contributed by atoms with Crippen molar-refractivity contribution in [1.82, 2.24) is 9.97 Å². The van der Waals surface area contributed by atoms with Gasteiger partial charge in [-0.15, -0.1) is 0 Å². The molecule has 2 aromatic carbocycles. The zero-order valence-electron chi connectivity index (χ0n) is 14.6. The van der Waals surface area contributed by atoms with E-state index in [0.717, 1.165) is 22.8 Å². The van der Waals surface area contributed by atoms with Crippen LogP contribution in [0.15, 0.2) is 48.8 Å². The Labute approximate surface area is 155 Å². The summed E-state index contributed by atoms with van der Waals surface area (Å²) in [5.74, 6) is 3.59. The van der Waals surface area contributed by atoms with Gasteiger partial charge in [0.15, 0.2) is 17.3 Å². The molecule has 3 aromatic rings. The number of ether oxygens (including phenoxy) is 4. The van der Waals surface area contributed by atoms with Gasteiger partial charge in [0.25, 0.3) is 0 Å². The molecule has 1 aliphatic heterocycles. The van der Waals surface area contributed by atoms with Crippen LogP contribution in [0.25, 0.3) is 0 Å². The number of nitrogen functional groups attached to an aromatic ring is 1. The summed E-state index contributed by atoms with van der Waals surface area (Å²) < 4.78 is 21.6. The van der Waals surface area contributed by atoms with Crippen LogP contribution in [0.1, 0.15) is 5.56 Å². The molecule has 0 bridgehead atoms. The number of fused-ring (bicyclic) bond motifs is 1. The van der Waals surface area contributed by atoms with E-state index in [1.807, 2.05) is 18.2 Å². The minimum absolute atomic E-state index is 0.247. The van der Waals surface area contributed by atoms with Gasteiger partial charge in [-0.1, -0.05) is 6.07 Å². The molecular formula is C19H18N4O4. The van der Waals surface area contributed by atoms with Gasteiger partial charge in [-0.25, -0.2) is 4.98 Å². The van der Waals surface area contributed by atoms with E-state index in [4.69, 9.17) is 24.7 Å². The minimum atomic E-state index is 0.247. The standard InChI is InChI=1S/C19H18N4O4/c1-24-13-3-5-14(6-4-13)27-19-17(20)18(22-10-23-19)21-9-12-2-7-15-16(8-12)26-11-25-15/h2-8,10H,9,11,20H2,1H3,(H,21,22,23). The monoisotopic (exact) mass is 366 g/mol. The third-order valence-corrected chi connectivity index (χ3v) is 4.02. The topological polar surface area (TPSA) is 101 Å². The predicted molar refractivity (Wildman–Crippen MR) is 99.4 cm³/mol. The molecule has 1 aromatic heterocycles. The number of rotatable bonds is 6. The maximum absolute atomic E-state index is 6.16. The summed E-state index contributed by atoms with van der Waals surface area (Å²) in [4.78, 5) is 8.31. The second-order valence-electron chi connectivity index (χ2n) is 5.76. The van der Waals surface area contributed by atoms with Crippen LogP contribution in [0.4, 0.5) is 11.5 Å². The van der Waals surface area contributed by atoms with Gasteiger partial charge in [-0.3, -0.25) is 0 Å². The summed E-state index contributed by atoms with van der Waals surface area (Å²) in [5.41, 5.74) is 7.50. The molecule has 0 spiro atoms. The van der Waals surface area contributed by atoms with Crippen molar-refractivity contribution >= 4 is 11.5 Å². The highest BCUT2D eigenvalue weighted by Gasteiger charge is 2.14. The molecule has 0 radical (unpaired) electrons. The second-order valence-corrected chi connectivity index (χ2v) is 5.76. The van der Waals surface area contributed by atoms with Crippen molar-refractivity contribution in [3.05, 3.63) is 54.4 Å². The molecule has 3 N–H and O–H groups in total. The van der Waals surface area contributed by atoms with Crippen LogP contribution in [0.2, 0.25) is 0 Å². The van der Waals surface area contributed by atoms with Gasteiger partial charge in [0.2, 0.25) is 12.7 Å². The van der Waals surface area contributed by atoms with Crippen LogP contribution in [0.3, 0.4) is 0 Å². The van der Waals surface area contributed by atoms with E-state index >= 15 is 0 Å². The van der Waals surface area contributed by atoms with E-state index < -0.39 is 0 Å². The molecule has 4 rings (SSSR count). The summed E-state index contributed by atoms with van der Waals surface area (Å²) in [5, 5.41) is 3.19. The van der Waals surface area contributed by atoms with E-state index in [-0.39, 0.29) is 12.7 Å². The zero-order chi connectivity index (χ0) is 18.6. The molecule has 8 heteroatoms. The first-order chi connectivity index (χ1) is 13.2. The van der Waals surface area contributed by atoms with Gasteiger partial charge >= 0.3 is 0 Å². The molecule has 0 fully saturated rings. The van der Waals surface area contributed by atoms with Gasteiger partial charge in [-0.2, -0.15) is 4.98 Å². The predicted octanol–water partition coefficient (Wildman–Crippen LogP) is 3.20. The van der Waals surface area contributed by atoms with Crippen LogP contribution in [-0.2, 0) is 6.54 Å². The van der Waals surface area contributed by atoms with E-state index in [1.165, 1.54) is 6.33 Å². The Bertz CT molecular complexity index is 947. The molecule has 8 nitrogen and oxygen atoms in total. The van der Waals surface area contributed by atoms with Crippen molar-refractivity contribution in [2.45, 2.75) is 6.54 Å². The molecular weight excluding hydrogens is 348 g/mol. The minimum Gasteiger partial charge on any atom is -0.497 e. The number of methoxy groups -OCH3 is 1. The molecule has 0 amide bonds. The van der Waals surface area contributed by atoms with E-state index in [9.17, 15) is 0 Å². The fourth-order valence-corrected chi connectivity index (χ4v) is 2.59. The quantitative estimate of drug-likeness (QED) is 0.686. The highest BCUT2D eigenvalue weighted by atomic mass is 16.7. The number of nitrogens with one attached hydrogen (secondary N) is 1. The number of aromatic nitrogens is 2. The first-order valence-electron chi connectivity index (χ1n) is 8.28. The molecule has 138 valence electrons. The first kappa shape index (κ1) is 16.8. The van der Waals surface area contributed by atoms with Crippen molar-refractivity contribution < 1.29 is 18.9 Å². The Morgan fingerprint density at radius 2 is 1.81 bits per heavy atom. The van der Waals surface area contributed by atoms with Crippen molar-refractivity contribution in [2.24, 2.45) is 0 Å². The molecule has 0 saturated heterocycles. The van der Waals surface area contributed by atoms with Gasteiger partial charge in [0.1, 0.15) is 23.5 Å². The van der Waals surface area contributed by atoms with Gasteiger partial charge in [-0.05, 0) is 42.0 Å². The third kappa shape index (κ3) is 3.64. The maximum Gasteiger partial charge on any atom is 0.248 e. The smallest absolute Gasteiger partial charge is 0.248 e. The Morgan fingerprint density at radius 1 is 1.04 bits per heavy atom. The molecule has 2 heterocycles. The Morgan fingerprint density at radius 3 is 2.63 bits per heavy atom. The number of nitrogens with zero attached hydrogens (tertiary/aromatic N) is 2. The summed E-state index contributed by atoms with van der Waals surface area (Å²) in [6, 6.07) is 12.9.